The van der Waals surface area contributed by atoms with Crippen LogP contribution in [0.2, 0.25) is 0 Å². The minimum Gasteiger partial charge on any atom is -0.459 e. The van der Waals surface area contributed by atoms with Gasteiger partial charge in [-0.1, -0.05) is 60.7 Å². The number of amides is 2. The molecule has 2 amide bonds. The molecule has 0 fully saturated rings. The molecule has 0 saturated carbocycles. The summed E-state index contributed by atoms with van der Waals surface area (Å²) in [7, 11) is 0. The summed E-state index contributed by atoms with van der Waals surface area (Å²) in [5, 5.41) is 5.74. The monoisotopic (exact) mass is 442 g/mol. The first-order valence-electron chi connectivity index (χ1n) is 10.2. The molecular weight excluding hydrogens is 420 g/mol. The Balaban J connectivity index is 1.35. The van der Waals surface area contributed by atoms with E-state index in [0.29, 0.717) is 17.1 Å². The lowest BCUT2D eigenvalue weighted by Gasteiger charge is -2.17. The number of benzene rings is 3. The van der Waals surface area contributed by atoms with Gasteiger partial charge in [-0.25, -0.2) is 0 Å². The fourth-order valence-electron chi connectivity index (χ4n) is 3.23. The molecule has 0 spiro atoms. The second-order valence-corrected chi connectivity index (χ2v) is 8.16. The van der Waals surface area contributed by atoms with Gasteiger partial charge in [0, 0.05) is 11.4 Å². The Morgan fingerprint density at radius 2 is 1.28 bits per heavy atom. The Kier molecular flexibility index (Phi) is 7.05. The molecule has 0 aliphatic carbocycles. The van der Waals surface area contributed by atoms with Crippen molar-refractivity contribution in [2.24, 2.45) is 0 Å². The van der Waals surface area contributed by atoms with Crippen molar-refractivity contribution in [1.82, 2.24) is 0 Å². The summed E-state index contributed by atoms with van der Waals surface area (Å²) < 4.78 is 5.08. The molecule has 5 nitrogen and oxygen atoms in total. The van der Waals surface area contributed by atoms with E-state index >= 15 is 0 Å². The van der Waals surface area contributed by atoms with Gasteiger partial charge in [-0.05, 0) is 47.5 Å². The first-order valence-corrected chi connectivity index (χ1v) is 11.2. The predicted octanol–water partition coefficient (Wildman–Crippen LogP) is 5.99. The fraction of sp³-hybridized carbons (Fsp3) is 0.0769. The maximum atomic E-state index is 12.6. The van der Waals surface area contributed by atoms with Crippen LogP contribution in [-0.4, -0.2) is 17.6 Å². The Labute approximate surface area is 190 Å². The van der Waals surface area contributed by atoms with Crippen molar-refractivity contribution >= 4 is 35.0 Å². The number of carbonyl (C=O) groups excluding carboxylic acids is 2. The van der Waals surface area contributed by atoms with Crippen LogP contribution in [0.25, 0.3) is 0 Å². The van der Waals surface area contributed by atoms with Gasteiger partial charge in [0.2, 0.25) is 5.91 Å². The summed E-state index contributed by atoms with van der Waals surface area (Å²) in [5.74, 6) is 0.145. The van der Waals surface area contributed by atoms with Crippen LogP contribution in [0.1, 0.15) is 26.9 Å². The molecule has 0 aliphatic heterocycles. The second-order valence-electron chi connectivity index (χ2n) is 7.07. The van der Waals surface area contributed by atoms with Crippen LogP contribution in [0.4, 0.5) is 11.4 Å². The number of rotatable bonds is 8. The highest BCUT2D eigenvalue weighted by atomic mass is 32.2. The Morgan fingerprint density at radius 3 is 1.81 bits per heavy atom. The highest BCUT2D eigenvalue weighted by Gasteiger charge is 2.16. The van der Waals surface area contributed by atoms with Gasteiger partial charge in [0.25, 0.3) is 5.91 Å². The molecule has 0 radical (unpaired) electrons. The van der Waals surface area contributed by atoms with E-state index < -0.39 is 0 Å². The van der Waals surface area contributed by atoms with Gasteiger partial charge in [-0.3, -0.25) is 9.59 Å². The SMILES string of the molecule is O=C(CSC(c1ccccc1)c1ccccc1)Nc1ccc(NC(=O)c2ccco2)cc1. The Morgan fingerprint density at radius 1 is 0.719 bits per heavy atom. The molecule has 1 heterocycles. The minimum atomic E-state index is -0.323. The van der Waals surface area contributed by atoms with E-state index in [2.05, 4.69) is 34.9 Å². The van der Waals surface area contributed by atoms with Gasteiger partial charge in [0.1, 0.15) is 0 Å². The molecule has 160 valence electrons. The van der Waals surface area contributed by atoms with Crippen molar-refractivity contribution in [3.63, 3.8) is 0 Å². The molecule has 2 N–H and O–H groups in total. The summed E-state index contributed by atoms with van der Waals surface area (Å²) in [6.07, 6.45) is 1.45. The van der Waals surface area contributed by atoms with Crippen molar-refractivity contribution in [1.29, 1.82) is 0 Å². The standard InChI is InChI=1S/C26H22N2O3S/c29-24(18-32-25(19-8-3-1-4-9-19)20-10-5-2-6-11-20)27-21-13-15-22(16-14-21)28-26(30)23-12-7-17-31-23/h1-17,25H,18H2,(H,27,29)(H,28,30). The second kappa shape index (κ2) is 10.5. The van der Waals surface area contributed by atoms with Crippen molar-refractivity contribution < 1.29 is 14.0 Å². The number of hydrogen-bond acceptors (Lipinski definition) is 4. The van der Waals surface area contributed by atoms with Crippen molar-refractivity contribution in [3.05, 3.63) is 120 Å². The molecule has 0 aliphatic rings. The number of thioether (sulfide) groups is 1. The van der Waals surface area contributed by atoms with Crippen LogP contribution in [-0.2, 0) is 4.79 Å². The summed E-state index contributed by atoms with van der Waals surface area (Å²) in [4.78, 5) is 24.6. The zero-order valence-electron chi connectivity index (χ0n) is 17.2. The van der Waals surface area contributed by atoms with Crippen LogP contribution in [0, 0.1) is 0 Å². The molecule has 3 aromatic carbocycles. The van der Waals surface area contributed by atoms with Gasteiger partial charge >= 0.3 is 0 Å². The topological polar surface area (TPSA) is 71.3 Å². The van der Waals surface area contributed by atoms with E-state index in [1.807, 2.05) is 36.4 Å². The van der Waals surface area contributed by atoms with Crippen molar-refractivity contribution in [2.45, 2.75) is 5.25 Å². The summed E-state index contributed by atoms with van der Waals surface area (Å²) in [6, 6.07) is 30.6. The van der Waals surface area contributed by atoms with Gasteiger partial charge in [-0.15, -0.1) is 11.8 Å². The number of furan rings is 1. The zero-order valence-corrected chi connectivity index (χ0v) is 18.0. The minimum absolute atomic E-state index is 0.0716. The Hall–Kier alpha value is -3.77. The van der Waals surface area contributed by atoms with Crippen molar-refractivity contribution in [2.75, 3.05) is 16.4 Å². The Bertz CT molecular complexity index is 1110. The molecule has 4 rings (SSSR count). The third-order valence-corrected chi connectivity index (χ3v) is 6.06. The highest BCUT2D eigenvalue weighted by Crippen LogP contribution is 2.35. The first kappa shape index (κ1) is 21.5. The van der Waals surface area contributed by atoms with Gasteiger partial charge in [0.05, 0.1) is 17.3 Å². The molecule has 4 aromatic rings. The average Bonchev–Trinajstić information content (AvgIpc) is 3.37. The van der Waals surface area contributed by atoms with Crippen LogP contribution in [0.15, 0.2) is 108 Å². The van der Waals surface area contributed by atoms with Crippen molar-refractivity contribution in [3.8, 4) is 0 Å². The summed E-state index contributed by atoms with van der Waals surface area (Å²) in [6.45, 7) is 0. The molecular formula is C26H22N2O3S. The lowest BCUT2D eigenvalue weighted by Crippen LogP contribution is -2.15. The van der Waals surface area contributed by atoms with Gasteiger partial charge in [0.15, 0.2) is 5.76 Å². The summed E-state index contributed by atoms with van der Waals surface area (Å²) >= 11 is 1.59. The lowest BCUT2D eigenvalue weighted by atomic mass is 10.0. The third kappa shape index (κ3) is 5.68. The molecule has 32 heavy (non-hydrogen) atoms. The first-order chi connectivity index (χ1) is 15.7. The molecule has 0 atom stereocenters. The van der Waals surface area contributed by atoms with Crippen LogP contribution in [0.5, 0.6) is 0 Å². The smallest absolute Gasteiger partial charge is 0.291 e. The van der Waals surface area contributed by atoms with Crippen LogP contribution in [0.3, 0.4) is 0 Å². The molecule has 6 heteroatoms. The number of hydrogen-bond donors (Lipinski definition) is 2. The van der Waals surface area contributed by atoms with Crippen LogP contribution >= 0.6 is 11.8 Å². The van der Waals surface area contributed by atoms with E-state index in [9.17, 15) is 9.59 Å². The largest absolute Gasteiger partial charge is 0.459 e. The quantitative estimate of drug-likeness (QED) is 0.351. The van der Waals surface area contributed by atoms with Crippen LogP contribution < -0.4 is 10.6 Å². The number of carbonyl (C=O) groups is 2. The number of nitrogens with one attached hydrogen (secondary N) is 2. The number of anilines is 2. The third-order valence-electron chi connectivity index (χ3n) is 4.76. The lowest BCUT2D eigenvalue weighted by molar-refractivity contribution is -0.113. The van der Waals surface area contributed by atoms with Gasteiger partial charge in [-0.2, -0.15) is 0 Å². The van der Waals surface area contributed by atoms with E-state index in [1.54, 1.807) is 48.2 Å². The van der Waals surface area contributed by atoms with Gasteiger partial charge < -0.3 is 15.1 Å². The normalized spacial score (nSPS) is 10.7. The predicted molar refractivity (Wildman–Crippen MR) is 129 cm³/mol. The highest BCUT2D eigenvalue weighted by molar-refractivity contribution is 8.00. The van der Waals surface area contributed by atoms with E-state index in [4.69, 9.17) is 4.42 Å². The van der Waals surface area contributed by atoms with E-state index in [0.717, 1.165) is 11.1 Å². The molecule has 0 bridgehead atoms. The fourth-order valence-corrected chi connectivity index (χ4v) is 4.32. The maximum absolute atomic E-state index is 12.6. The average molecular weight is 443 g/mol. The van der Waals surface area contributed by atoms with E-state index in [-0.39, 0.29) is 22.8 Å². The maximum Gasteiger partial charge on any atom is 0.291 e. The summed E-state index contributed by atoms with van der Waals surface area (Å²) in [5.41, 5.74) is 3.61. The van der Waals surface area contributed by atoms with E-state index in [1.165, 1.54) is 6.26 Å². The zero-order chi connectivity index (χ0) is 22.2. The molecule has 0 saturated heterocycles. The molecule has 1 aromatic heterocycles. The molecule has 0 unspecified atom stereocenters.